The molecule has 0 unspecified atom stereocenters. The van der Waals surface area contributed by atoms with E-state index in [9.17, 15) is 14.7 Å². The van der Waals surface area contributed by atoms with Gasteiger partial charge in [-0.05, 0) is 95.9 Å². The van der Waals surface area contributed by atoms with Crippen LogP contribution in [0.1, 0.15) is 160 Å². The summed E-state index contributed by atoms with van der Waals surface area (Å²) in [7, 11) is 0. The fourth-order valence-corrected chi connectivity index (χ4v) is 11.4. The van der Waals surface area contributed by atoms with Crippen molar-refractivity contribution in [3.8, 4) is 5.75 Å². The first-order valence-electron chi connectivity index (χ1n) is 21.0. The predicted molar refractivity (Wildman–Crippen MR) is 233 cm³/mol. The van der Waals surface area contributed by atoms with Gasteiger partial charge in [0.15, 0.2) is 5.41 Å². The smallest absolute Gasteiger partial charge is 0.324 e. The second kappa shape index (κ2) is 16.5. The fraction of sp³-hybridized carbons (Fsp3) is 0.667. The number of likely N-dealkylation sites (tertiary alicyclic amines) is 2. The molecule has 4 rings (SSSR count). The molecule has 322 valence electrons. The molecule has 0 atom stereocenters. The van der Waals surface area contributed by atoms with Crippen LogP contribution in [0.2, 0.25) is 0 Å². The highest BCUT2D eigenvalue weighted by Gasteiger charge is 2.55. The van der Waals surface area contributed by atoms with E-state index < -0.39 is 62.5 Å². The number of esters is 2. The lowest BCUT2D eigenvalue weighted by Crippen LogP contribution is -2.64. The van der Waals surface area contributed by atoms with Crippen LogP contribution in [0.15, 0.2) is 47.4 Å². The molecule has 0 aliphatic carbocycles. The minimum atomic E-state index is -1.82. The first-order valence-corrected chi connectivity index (χ1v) is 22.0. The van der Waals surface area contributed by atoms with E-state index in [0.29, 0.717) is 25.7 Å². The SMILES string of the molecule is CCC(C)(C)c1cc(CC(CSc2ccccc2)(C(=O)OC2CC(C)(C)N(C(C)=O)C(C)(C)C2)C(=O)OC2CC(C)(C)N(C(C)=O)C(C)(C)C2)cc(C(C)(C)C)c1O. The Kier molecular flexibility index (Phi) is 13.4. The largest absolute Gasteiger partial charge is 0.507 e. The van der Waals surface area contributed by atoms with E-state index in [1.165, 1.54) is 11.8 Å². The number of benzene rings is 2. The van der Waals surface area contributed by atoms with Gasteiger partial charge in [-0.25, -0.2) is 0 Å². The van der Waals surface area contributed by atoms with Gasteiger partial charge in [-0.1, -0.05) is 71.9 Å². The van der Waals surface area contributed by atoms with Crippen LogP contribution in [0.5, 0.6) is 5.75 Å². The molecule has 0 aromatic heterocycles. The maximum atomic E-state index is 15.4. The van der Waals surface area contributed by atoms with Gasteiger partial charge in [-0.2, -0.15) is 0 Å². The van der Waals surface area contributed by atoms with Gasteiger partial charge < -0.3 is 24.4 Å². The Balaban J connectivity index is 1.93. The number of hydrogen-bond donors (Lipinski definition) is 1. The normalized spacial score (nSPS) is 19.7. The predicted octanol–water partition coefficient (Wildman–Crippen LogP) is 9.92. The molecule has 0 bridgehead atoms. The number of amides is 2. The number of nitrogens with zero attached hydrogens (tertiary/aromatic N) is 2. The van der Waals surface area contributed by atoms with E-state index >= 15 is 9.59 Å². The van der Waals surface area contributed by atoms with E-state index in [0.717, 1.165) is 28.0 Å². The minimum absolute atomic E-state index is 0.0290. The molecule has 0 radical (unpaired) electrons. The Morgan fingerprint density at radius 3 is 1.47 bits per heavy atom. The Morgan fingerprint density at radius 2 is 1.10 bits per heavy atom. The Hall–Kier alpha value is -3.53. The molecule has 0 saturated carbocycles. The number of ether oxygens (including phenoxy) is 2. The second-order valence-electron chi connectivity index (χ2n) is 21.2. The molecule has 10 heteroatoms. The average molecular weight is 821 g/mol. The maximum Gasteiger partial charge on any atom is 0.324 e. The second-order valence-corrected chi connectivity index (χ2v) is 22.3. The summed E-state index contributed by atoms with van der Waals surface area (Å²) in [6, 6.07) is 13.6. The quantitative estimate of drug-likeness (QED) is 0.136. The molecule has 0 spiro atoms. The van der Waals surface area contributed by atoms with Crippen molar-refractivity contribution in [2.45, 2.75) is 199 Å². The number of aromatic hydroxyl groups is 1. The molecular formula is C48H72N2O7S. The van der Waals surface area contributed by atoms with Gasteiger partial charge in [-0.3, -0.25) is 19.2 Å². The van der Waals surface area contributed by atoms with E-state index in [1.807, 2.05) is 128 Å². The number of carbonyl (C=O) groups excluding carboxylic acids is 4. The number of phenolic OH excluding ortho intramolecular Hbond substituents is 1. The Labute approximate surface area is 353 Å². The standard InChI is InChI=1S/C48H72N2O7S/c1-17-43(7,8)38-24-33(23-37(39(38)53)42(4,5)6)25-48(30-58-36-21-19-18-20-22-36,40(54)56-34-26-44(9,10)49(31(2)51)45(11,12)27-34)41(55)57-35-28-46(13,14)50(32(3)52)47(15,16)29-35/h18-24,34-35,53H,17,25-30H2,1-16H3. The summed E-state index contributed by atoms with van der Waals surface area (Å²) in [4.78, 5) is 61.4. The summed E-state index contributed by atoms with van der Waals surface area (Å²) in [5.41, 5.74) is -2.97. The maximum absolute atomic E-state index is 15.4. The van der Waals surface area contributed by atoms with Gasteiger partial charge >= 0.3 is 11.9 Å². The first kappa shape index (κ1) is 47.2. The van der Waals surface area contributed by atoms with Crippen LogP contribution in [-0.4, -0.2) is 78.8 Å². The lowest BCUT2D eigenvalue weighted by atomic mass is 9.74. The van der Waals surface area contributed by atoms with E-state index in [4.69, 9.17) is 9.47 Å². The van der Waals surface area contributed by atoms with Crippen molar-refractivity contribution in [3.63, 3.8) is 0 Å². The van der Waals surface area contributed by atoms with E-state index in [1.54, 1.807) is 13.8 Å². The molecule has 58 heavy (non-hydrogen) atoms. The molecule has 2 aliphatic rings. The van der Waals surface area contributed by atoms with Crippen molar-refractivity contribution < 1.29 is 33.8 Å². The fourth-order valence-electron chi connectivity index (χ4n) is 10.3. The molecule has 2 aromatic carbocycles. The average Bonchev–Trinajstić information content (AvgIpc) is 3.04. The molecule has 2 amide bonds. The van der Waals surface area contributed by atoms with Gasteiger partial charge in [-0.15, -0.1) is 11.8 Å². The summed E-state index contributed by atoms with van der Waals surface area (Å²) >= 11 is 1.41. The molecule has 2 aliphatic heterocycles. The van der Waals surface area contributed by atoms with Crippen molar-refractivity contribution >= 4 is 35.5 Å². The molecular weight excluding hydrogens is 749 g/mol. The molecule has 1 N–H and O–H groups in total. The monoisotopic (exact) mass is 821 g/mol. The number of phenols is 1. The van der Waals surface area contributed by atoms with Crippen LogP contribution in [0.3, 0.4) is 0 Å². The zero-order valence-corrected chi connectivity index (χ0v) is 39.2. The van der Waals surface area contributed by atoms with Crippen molar-refractivity contribution in [2.24, 2.45) is 5.41 Å². The third kappa shape index (κ3) is 9.90. The number of piperidine rings is 2. The number of rotatable bonds is 11. The molecule has 2 aromatic rings. The zero-order valence-electron chi connectivity index (χ0n) is 38.3. The van der Waals surface area contributed by atoms with Crippen LogP contribution >= 0.6 is 11.8 Å². The van der Waals surface area contributed by atoms with Crippen LogP contribution in [0.25, 0.3) is 0 Å². The van der Waals surface area contributed by atoms with Gasteiger partial charge in [0, 0.05) is 84.3 Å². The summed E-state index contributed by atoms with van der Waals surface area (Å²) in [5, 5.41) is 11.8. The summed E-state index contributed by atoms with van der Waals surface area (Å²) in [5.74, 6) is -1.19. The number of carbonyl (C=O) groups is 4. The highest BCUT2D eigenvalue weighted by atomic mass is 32.2. The van der Waals surface area contributed by atoms with E-state index in [2.05, 4.69) is 20.8 Å². The lowest BCUT2D eigenvalue weighted by molar-refractivity contribution is -0.187. The Bertz CT molecular complexity index is 1750. The highest BCUT2D eigenvalue weighted by Crippen LogP contribution is 2.46. The molecule has 2 heterocycles. The van der Waals surface area contributed by atoms with Gasteiger partial charge in [0.2, 0.25) is 11.8 Å². The summed E-state index contributed by atoms with van der Waals surface area (Å²) in [6.45, 7) is 31.4. The molecule has 9 nitrogen and oxygen atoms in total. The lowest BCUT2D eigenvalue weighted by Gasteiger charge is -2.55. The Morgan fingerprint density at radius 1 is 0.707 bits per heavy atom. The van der Waals surface area contributed by atoms with Gasteiger partial charge in [0.25, 0.3) is 0 Å². The molecule has 2 fully saturated rings. The third-order valence-electron chi connectivity index (χ3n) is 12.6. The number of thioether (sulfide) groups is 1. The van der Waals surface area contributed by atoms with Crippen molar-refractivity contribution in [1.82, 2.24) is 9.80 Å². The topological polar surface area (TPSA) is 113 Å². The zero-order chi connectivity index (χ0) is 44.0. The van der Waals surface area contributed by atoms with Crippen molar-refractivity contribution in [2.75, 3.05) is 5.75 Å². The van der Waals surface area contributed by atoms with Gasteiger partial charge in [0.1, 0.15) is 18.0 Å². The van der Waals surface area contributed by atoms with Crippen LogP contribution < -0.4 is 0 Å². The summed E-state index contributed by atoms with van der Waals surface area (Å²) in [6.07, 6.45) is 1.14. The van der Waals surface area contributed by atoms with Crippen molar-refractivity contribution in [1.29, 1.82) is 0 Å². The van der Waals surface area contributed by atoms with Crippen LogP contribution in [0, 0.1) is 5.41 Å². The van der Waals surface area contributed by atoms with Crippen LogP contribution in [-0.2, 0) is 45.9 Å². The number of hydrogen-bond acceptors (Lipinski definition) is 8. The minimum Gasteiger partial charge on any atom is -0.507 e. The third-order valence-corrected chi connectivity index (χ3v) is 13.9. The highest BCUT2D eigenvalue weighted by molar-refractivity contribution is 7.99. The summed E-state index contributed by atoms with van der Waals surface area (Å²) < 4.78 is 13.2. The van der Waals surface area contributed by atoms with Gasteiger partial charge in [0.05, 0.1) is 0 Å². The van der Waals surface area contributed by atoms with Crippen LogP contribution in [0.4, 0.5) is 0 Å². The van der Waals surface area contributed by atoms with Crippen molar-refractivity contribution in [3.05, 3.63) is 59.2 Å². The molecule has 2 saturated heterocycles. The first-order chi connectivity index (χ1) is 26.4. The van der Waals surface area contributed by atoms with E-state index in [-0.39, 0.29) is 29.7 Å².